The second-order valence-corrected chi connectivity index (χ2v) is 4.64. The first-order valence-corrected chi connectivity index (χ1v) is 6.74. The first-order chi connectivity index (χ1) is 8.38. The Labute approximate surface area is 127 Å². The van der Waals surface area contributed by atoms with Crippen molar-refractivity contribution in [3.05, 3.63) is 0 Å². The highest BCUT2D eigenvalue weighted by Crippen LogP contribution is 2.07. The maximum absolute atomic E-state index is 5.66. The van der Waals surface area contributed by atoms with Gasteiger partial charge in [-0.1, -0.05) is 6.92 Å². The van der Waals surface area contributed by atoms with Crippen LogP contribution in [-0.4, -0.2) is 62.8 Å². The van der Waals surface area contributed by atoms with E-state index in [1.54, 1.807) is 0 Å². The number of ether oxygens (including phenoxy) is 1. The van der Waals surface area contributed by atoms with E-state index in [-0.39, 0.29) is 24.0 Å². The standard InChI is InChI=1S/C12H24N4O.HI/c1-2-11-10-16(8-9-17-11)7-6-15-12-13-4-3-5-14-12;/h11H,2-10H2,1H3,(H2,13,14,15);1H. The van der Waals surface area contributed by atoms with Crippen LogP contribution in [0.25, 0.3) is 0 Å². The fraction of sp³-hybridized carbons (Fsp3) is 0.917. The SMILES string of the molecule is CCC1CN(CCNC2=NCCCN2)CCO1.I. The van der Waals surface area contributed by atoms with Crippen LogP contribution in [0.5, 0.6) is 0 Å². The summed E-state index contributed by atoms with van der Waals surface area (Å²) in [7, 11) is 0. The largest absolute Gasteiger partial charge is 0.376 e. The highest BCUT2D eigenvalue weighted by atomic mass is 127. The lowest BCUT2D eigenvalue weighted by Gasteiger charge is -2.32. The molecule has 0 radical (unpaired) electrons. The molecule has 2 aliphatic heterocycles. The topological polar surface area (TPSA) is 48.9 Å². The summed E-state index contributed by atoms with van der Waals surface area (Å²) in [4.78, 5) is 6.86. The highest BCUT2D eigenvalue weighted by molar-refractivity contribution is 14.0. The molecule has 2 rings (SSSR count). The van der Waals surface area contributed by atoms with Gasteiger partial charge in [-0.2, -0.15) is 0 Å². The van der Waals surface area contributed by atoms with Crippen LogP contribution in [0.1, 0.15) is 19.8 Å². The summed E-state index contributed by atoms with van der Waals surface area (Å²) < 4.78 is 5.66. The molecule has 2 N–H and O–H groups in total. The van der Waals surface area contributed by atoms with Crippen LogP contribution in [0, 0.1) is 0 Å². The molecule has 2 heterocycles. The van der Waals surface area contributed by atoms with Gasteiger partial charge in [0.1, 0.15) is 0 Å². The van der Waals surface area contributed by atoms with E-state index in [0.717, 1.165) is 64.7 Å². The van der Waals surface area contributed by atoms with Crippen LogP contribution < -0.4 is 10.6 Å². The number of nitrogens with zero attached hydrogens (tertiary/aromatic N) is 2. The van der Waals surface area contributed by atoms with Gasteiger partial charge in [0.15, 0.2) is 5.96 Å². The Morgan fingerprint density at radius 1 is 1.56 bits per heavy atom. The zero-order chi connectivity index (χ0) is 11.9. The summed E-state index contributed by atoms with van der Waals surface area (Å²) >= 11 is 0. The molecule has 1 fully saturated rings. The van der Waals surface area contributed by atoms with E-state index in [0.29, 0.717) is 6.10 Å². The zero-order valence-corrected chi connectivity index (χ0v) is 13.5. The fourth-order valence-corrected chi connectivity index (χ4v) is 2.21. The molecule has 1 saturated heterocycles. The fourth-order valence-electron chi connectivity index (χ4n) is 2.21. The normalized spacial score (nSPS) is 24.7. The Hall–Kier alpha value is -0.0800. The van der Waals surface area contributed by atoms with Gasteiger partial charge < -0.3 is 15.4 Å². The summed E-state index contributed by atoms with van der Waals surface area (Å²) in [6, 6.07) is 0. The van der Waals surface area contributed by atoms with Gasteiger partial charge in [-0.3, -0.25) is 9.89 Å². The van der Waals surface area contributed by atoms with Gasteiger partial charge in [0, 0.05) is 39.3 Å². The lowest BCUT2D eigenvalue weighted by atomic mass is 10.2. The number of hydrogen-bond donors (Lipinski definition) is 2. The van der Waals surface area contributed by atoms with E-state index in [2.05, 4.69) is 27.4 Å². The number of guanidine groups is 1. The van der Waals surface area contributed by atoms with Crippen molar-refractivity contribution in [1.82, 2.24) is 15.5 Å². The monoisotopic (exact) mass is 368 g/mol. The van der Waals surface area contributed by atoms with Crippen molar-refractivity contribution < 1.29 is 4.74 Å². The first kappa shape index (κ1) is 16.0. The Morgan fingerprint density at radius 2 is 2.44 bits per heavy atom. The number of hydrogen-bond acceptors (Lipinski definition) is 5. The van der Waals surface area contributed by atoms with E-state index >= 15 is 0 Å². The van der Waals surface area contributed by atoms with Crippen molar-refractivity contribution in [2.45, 2.75) is 25.9 Å². The molecule has 0 spiro atoms. The van der Waals surface area contributed by atoms with Crippen LogP contribution in [0.2, 0.25) is 0 Å². The van der Waals surface area contributed by atoms with Crippen LogP contribution in [0.3, 0.4) is 0 Å². The smallest absolute Gasteiger partial charge is 0.191 e. The summed E-state index contributed by atoms with van der Waals surface area (Å²) in [5, 5.41) is 6.63. The van der Waals surface area contributed by atoms with Gasteiger partial charge in [0.05, 0.1) is 12.7 Å². The third-order valence-corrected chi connectivity index (χ3v) is 3.30. The summed E-state index contributed by atoms with van der Waals surface area (Å²) in [6.45, 7) is 9.20. The van der Waals surface area contributed by atoms with Crippen LogP contribution >= 0.6 is 24.0 Å². The molecule has 0 aromatic heterocycles. The maximum atomic E-state index is 5.66. The minimum atomic E-state index is 0. The van der Waals surface area contributed by atoms with E-state index in [1.807, 2.05) is 0 Å². The average Bonchev–Trinajstić information content (AvgIpc) is 2.40. The maximum Gasteiger partial charge on any atom is 0.191 e. The molecule has 0 bridgehead atoms. The van der Waals surface area contributed by atoms with Crippen molar-refractivity contribution in [3.63, 3.8) is 0 Å². The minimum Gasteiger partial charge on any atom is -0.376 e. The van der Waals surface area contributed by atoms with E-state index in [4.69, 9.17) is 4.74 Å². The molecule has 0 aromatic rings. The summed E-state index contributed by atoms with van der Waals surface area (Å²) in [5.41, 5.74) is 0. The molecular formula is C12H25IN4O. The van der Waals surface area contributed by atoms with Crippen LogP contribution in [0.4, 0.5) is 0 Å². The van der Waals surface area contributed by atoms with Crippen LogP contribution in [0.15, 0.2) is 4.99 Å². The second-order valence-electron chi connectivity index (χ2n) is 4.64. The molecule has 1 atom stereocenters. The van der Waals surface area contributed by atoms with Gasteiger partial charge in [-0.15, -0.1) is 24.0 Å². The number of morpholine rings is 1. The predicted molar refractivity (Wildman–Crippen MR) is 84.8 cm³/mol. The quantitative estimate of drug-likeness (QED) is 0.716. The van der Waals surface area contributed by atoms with Crippen LogP contribution in [-0.2, 0) is 4.74 Å². The zero-order valence-electron chi connectivity index (χ0n) is 11.2. The van der Waals surface area contributed by atoms with Gasteiger partial charge >= 0.3 is 0 Å². The lowest BCUT2D eigenvalue weighted by molar-refractivity contribution is -0.0288. The van der Waals surface area contributed by atoms with Gasteiger partial charge in [-0.25, -0.2) is 0 Å². The van der Waals surface area contributed by atoms with Gasteiger partial charge in [0.2, 0.25) is 0 Å². The van der Waals surface area contributed by atoms with E-state index in [1.165, 1.54) is 0 Å². The Kier molecular flexibility index (Phi) is 7.92. The first-order valence-electron chi connectivity index (χ1n) is 6.74. The third kappa shape index (κ3) is 5.27. The Balaban J connectivity index is 0.00000162. The van der Waals surface area contributed by atoms with E-state index < -0.39 is 0 Å². The Bertz CT molecular complexity index is 262. The molecule has 18 heavy (non-hydrogen) atoms. The number of rotatable bonds is 4. The number of halogens is 1. The molecule has 5 nitrogen and oxygen atoms in total. The van der Waals surface area contributed by atoms with Crippen molar-refractivity contribution in [1.29, 1.82) is 0 Å². The molecule has 0 saturated carbocycles. The number of nitrogens with one attached hydrogen (secondary N) is 2. The van der Waals surface area contributed by atoms with Gasteiger partial charge in [0.25, 0.3) is 0 Å². The third-order valence-electron chi connectivity index (χ3n) is 3.30. The molecule has 1 unspecified atom stereocenters. The van der Waals surface area contributed by atoms with Gasteiger partial charge in [-0.05, 0) is 12.8 Å². The molecule has 0 amide bonds. The lowest BCUT2D eigenvalue weighted by Crippen LogP contribution is -2.47. The molecule has 2 aliphatic rings. The van der Waals surface area contributed by atoms with Crippen molar-refractivity contribution in [2.24, 2.45) is 4.99 Å². The molecule has 0 aromatic carbocycles. The summed E-state index contributed by atoms with van der Waals surface area (Å²) in [6.07, 6.45) is 2.68. The molecule has 6 heteroatoms. The molecule has 0 aliphatic carbocycles. The molecular weight excluding hydrogens is 343 g/mol. The van der Waals surface area contributed by atoms with Crippen molar-refractivity contribution in [2.75, 3.05) is 45.9 Å². The highest BCUT2D eigenvalue weighted by Gasteiger charge is 2.18. The second kappa shape index (κ2) is 8.92. The number of aliphatic imine (C=N–C) groups is 1. The minimum absolute atomic E-state index is 0. The summed E-state index contributed by atoms with van der Waals surface area (Å²) in [5.74, 6) is 0.969. The Morgan fingerprint density at radius 3 is 3.17 bits per heavy atom. The molecule has 106 valence electrons. The van der Waals surface area contributed by atoms with Crippen molar-refractivity contribution >= 4 is 29.9 Å². The predicted octanol–water partition coefficient (Wildman–Crippen LogP) is 0.654. The average molecular weight is 368 g/mol. The van der Waals surface area contributed by atoms with E-state index in [9.17, 15) is 0 Å². The van der Waals surface area contributed by atoms with Crippen molar-refractivity contribution in [3.8, 4) is 0 Å².